The van der Waals surface area contributed by atoms with Crippen molar-refractivity contribution in [2.45, 2.75) is 0 Å². The monoisotopic (exact) mass is 208 g/mol. The molecule has 5 heteroatoms. The summed E-state index contributed by atoms with van der Waals surface area (Å²) in [5, 5.41) is 0. The van der Waals surface area contributed by atoms with E-state index >= 15 is 0 Å². The van der Waals surface area contributed by atoms with Crippen LogP contribution in [0, 0.1) is 0 Å². The van der Waals surface area contributed by atoms with E-state index in [9.17, 15) is 9.18 Å². The quantitative estimate of drug-likeness (QED) is 0.625. The molecule has 1 fully saturated rings. The summed E-state index contributed by atoms with van der Waals surface area (Å²) in [4.78, 5) is 14.9. The van der Waals surface area contributed by atoms with Gasteiger partial charge in [-0.15, -0.1) is 11.6 Å². The largest absolute Gasteiger partial charge is 0.339 e. The second kappa shape index (κ2) is 5.40. The molecule has 0 aromatic carbocycles. The molecule has 0 saturated carbocycles. The second-order valence-electron chi connectivity index (χ2n) is 3.05. The van der Waals surface area contributed by atoms with Crippen molar-refractivity contribution >= 4 is 17.5 Å². The van der Waals surface area contributed by atoms with Crippen LogP contribution in [0.25, 0.3) is 0 Å². The smallest absolute Gasteiger partial charge is 0.237 e. The Morgan fingerprint density at radius 3 is 2.38 bits per heavy atom. The van der Waals surface area contributed by atoms with Crippen LogP contribution in [0.15, 0.2) is 0 Å². The number of halogens is 2. The minimum atomic E-state index is -0.316. The van der Waals surface area contributed by atoms with Crippen molar-refractivity contribution in [2.75, 3.05) is 45.3 Å². The first kappa shape index (κ1) is 10.7. The third kappa shape index (κ3) is 3.12. The molecule has 0 atom stereocenters. The standard InChI is InChI=1S/C8H14ClFN2O/c9-7-8(13)12-5-3-11(2-1-10)4-6-12/h1-7H2. The minimum Gasteiger partial charge on any atom is -0.339 e. The molecule has 0 spiro atoms. The van der Waals surface area contributed by atoms with Crippen molar-refractivity contribution in [3.63, 3.8) is 0 Å². The number of amides is 1. The molecule has 76 valence electrons. The van der Waals surface area contributed by atoms with Gasteiger partial charge in [-0.1, -0.05) is 0 Å². The maximum Gasteiger partial charge on any atom is 0.237 e. The van der Waals surface area contributed by atoms with E-state index in [1.165, 1.54) is 0 Å². The zero-order valence-corrected chi connectivity index (χ0v) is 8.26. The summed E-state index contributed by atoms with van der Waals surface area (Å²) in [5.41, 5.74) is 0. The van der Waals surface area contributed by atoms with Crippen molar-refractivity contribution in [3.05, 3.63) is 0 Å². The lowest BCUT2D eigenvalue weighted by molar-refractivity contribution is -0.130. The Morgan fingerprint density at radius 1 is 1.31 bits per heavy atom. The highest BCUT2D eigenvalue weighted by atomic mass is 35.5. The summed E-state index contributed by atoms with van der Waals surface area (Å²) >= 11 is 5.42. The predicted molar refractivity (Wildman–Crippen MR) is 49.7 cm³/mol. The third-order valence-corrected chi connectivity index (χ3v) is 2.47. The van der Waals surface area contributed by atoms with Gasteiger partial charge in [0.25, 0.3) is 0 Å². The molecule has 1 saturated heterocycles. The molecule has 13 heavy (non-hydrogen) atoms. The van der Waals surface area contributed by atoms with E-state index in [1.807, 2.05) is 4.90 Å². The average molecular weight is 209 g/mol. The molecule has 3 nitrogen and oxygen atoms in total. The van der Waals surface area contributed by atoms with Crippen LogP contribution in [0.1, 0.15) is 0 Å². The van der Waals surface area contributed by atoms with Crippen molar-refractivity contribution in [1.29, 1.82) is 0 Å². The Hall–Kier alpha value is -0.350. The molecule has 1 aliphatic heterocycles. The van der Waals surface area contributed by atoms with Gasteiger partial charge in [0, 0.05) is 32.7 Å². The maximum atomic E-state index is 12.0. The second-order valence-corrected chi connectivity index (χ2v) is 3.31. The van der Waals surface area contributed by atoms with Gasteiger partial charge in [0.2, 0.25) is 5.91 Å². The van der Waals surface area contributed by atoms with E-state index in [4.69, 9.17) is 11.6 Å². The lowest BCUT2D eigenvalue weighted by Crippen LogP contribution is -2.49. The fraction of sp³-hybridized carbons (Fsp3) is 0.875. The highest BCUT2D eigenvalue weighted by Gasteiger charge is 2.19. The van der Waals surface area contributed by atoms with Crippen LogP contribution in [-0.2, 0) is 4.79 Å². The van der Waals surface area contributed by atoms with Crippen molar-refractivity contribution in [1.82, 2.24) is 9.80 Å². The number of nitrogens with zero attached hydrogens (tertiary/aromatic N) is 2. The van der Waals surface area contributed by atoms with Gasteiger partial charge < -0.3 is 4.90 Å². The van der Waals surface area contributed by atoms with Crippen molar-refractivity contribution in [2.24, 2.45) is 0 Å². The Labute approximate surface area is 82.4 Å². The molecular weight excluding hydrogens is 195 g/mol. The molecule has 0 aliphatic carbocycles. The normalized spacial score (nSPS) is 19.1. The minimum absolute atomic E-state index is 0.0263. The Balaban J connectivity index is 2.26. The zero-order chi connectivity index (χ0) is 9.68. The summed E-state index contributed by atoms with van der Waals surface area (Å²) < 4.78 is 12.0. The van der Waals surface area contributed by atoms with E-state index < -0.39 is 0 Å². The van der Waals surface area contributed by atoms with Gasteiger partial charge in [-0.25, -0.2) is 4.39 Å². The Bertz CT molecular complexity index is 172. The fourth-order valence-corrected chi connectivity index (χ4v) is 1.59. The molecule has 0 unspecified atom stereocenters. The lowest BCUT2D eigenvalue weighted by Gasteiger charge is -2.33. The Morgan fingerprint density at radius 2 is 1.92 bits per heavy atom. The summed E-state index contributed by atoms with van der Waals surface area (Å²) in [5.74, 6) is 0.0184. The van der Waals surface area contributed by atoms with E-state index in [2.05, 4.69) is 0 Å². The summed E-state index contributed by atoms with van der Waals surface area (Å²) in [6, 6.07) is 0. The lowest BCUT2D eigenvalue weighted by atomic mass is 10.3. The number of hydrogen-bond donors (Lipinski definition) is 0. The zero-order valence-electron chi connectivity index (χ0n) is 7.51. The number of carbonyl (C=O) groups is 1. The molecular formula is C8H14ClFN2O. The van der Waals surface area contributed by atoms with Crippen LogP contribution in [0.2, 0.25) is 0 Å². The first-order valence-electron chi connectivity index (χ1n) is 4.40. The van der Waals surface area contributed by atoms with Crippen LogP contribution in [0.5, 0.6) is 0 Å². The first-order valence-corrected chi connectivity index (χ1v) is 4.93. The fourth-order valence-electron chi connectivity index (χ4n) is 1.42. The van der Waals surface area contributed by atoms with Gasteiger partial charge in [0.1, 0.15) is 12.6 Å². The van der Waals surface area contributed by atoms with Crippen LogP contribution < -0.4 is 0 Å². The van der Waals surface area contributed by atoms with Gasteiger partial charge in [-0.2, -0.15) is 0 Å². The maximum absolute atomic E-state index is 12.0. The molecule has 0 aromatic heterocycles. The SMILES string of the molecule is O=C(CCl)N1CCN(CCF)CC1. The number of carbonyl (C=O) groups excluding carboxylic acids is 1. The first-order chi connectivity index (χ1) is 6.27. The van der Waals surface area contributed by atoms with Gasteiger partial charge in [-0.3, -0.25) is 9.69 Å². The summed E-state index contributed by atoms with van der Waals surface area (Å²) in [6.07, 6.45) is 0. The number of rotatable bonds is 3. The van der Waals surface area contributed by atoms with E-state index in [0.29, 0.717) is 19.6 Å². The van der Waals surface area contributed by atoms with E-state index in [0.717, 1.165) is 13.1 Å². The van der Waals surface area contributed by atoms with Gasteiger partial charge in [0.15, 0.2) is 0 Å². The number of hydrogen-bond acceptors (Lipinski definition) is 2. The van der Waals surface area contributed by atoms with Crippen LogP contribution in [0.3, 0.4) is 0 Å². The summed E-state index contributed by atoms with van der Waals surface area (Å²) in [7, 11) is 0. The third-order valence-electron chi connectivity index (χ3n) is 2.24. The molecule has 0 aromatic rings. The predicted octanol–water partition coefficient (Wildman–Crippen LogP) is 0.339. The molecule has 1 heterocycles. The topological polar surface area (TPSA) is 23.6 Å². The molecule has 0 bridgehead atoms. The van der Waals surface area contributed by atoms with Gasteiger partial charge in [0.05, 0.1) is 0 Å². The van der Waals surface area contributed by atoms with Crippen molar-refractivity contribution in [3.8, 4) is 0 Å². The Kier molecular flexibility index (Phi) is 4.45. The highest BCUT2D eigenvalue weighted by Crippen LogP contribution is 2.02. The molecule has 1 rings (SSSR count). The number of alkyl halides is 2. The van der Waals surface area contributed by atoms with E-state index in [-0.39, 0.29) is 18.5 Å². The van der Waals surface area contributed by atoms with Gasteiger partial charge in [-0.05, 0) is 0 Å². The van der Waals surface area contributed by atoms with Crippen LogP contribution in [0.4, 0.5) is 4.39 Å². The van der Waals surface area contributed by atoms with Crippen molar-refractivity contribution < 1.29 is 9.18 Å². The van der Waals surface area contributed by atoms with Crippen LogP contribution in [-0.4, -0.2) is 61.0 Å². The molecule has 0 N–H and O–H groups in total. The average Bonchev–Trinajstić information content (AvgIpc) is 2.18. The number of piperazine rings is 1. The highest BCUT2D eigenvalue weighted by molar-refractivity contribution is 6.27. The van der Waals surface area contributed by atoms with Crippen LogP contribution >= 0.6 is 11.6 Å². The van der Waals surface area contributed by atoms with E-state index in [1.54, 1.807) is 4.90 Å². The van der Waals surface area contributed by atoms with Gasteiger partial charge >= 0.3 is 0 Å². The molecule has 1 aliphatic rings. The summed E-state index contributed by atoms with van der Waals surface area (Å²) in [6.45, 7) is 3.02. The molecule has 0 radical (unpaired) electrons. The molecule has 1 amide bonds.